The van der Waals surface area contributed by atoms with Gasteiger partial charge in [-0.15, -0.1) is 5.10 Å². The standard InChI is InChI=1S/C16H21N5O2S/c1-12-15(24-20-19-12)9-18-16(22)21(11-14-6-4-8-23-14)10-13-5-2-3-7-17-13/h2-3,5,7,14H,4,6,8-11H2,1H3,(H,18,22)/t14-/m0/s1. The van der Waals surface area contributed by atoms with Crippen LogP contribution in [0.1, 0.15) is 29.1 Å². The van der Waals surface area contributed by atoms with E-state index < -0.39 is 0 Å². The number of rotatable bonds is 6. The molecule has 1 aliphatic rings. The van der Waals surface area contributed by atoms with Gasteiger partial charge in [-0.1, -0.05) is 10.6 Å². The molecule has 24 heavy (non-hydrogen) atoms. The third kappa shape index (κ3) is 4.48. The van der Waals surface area contributed by atoms with Crippen LogP contribution in [0.25, 0.3) is 0 Å². The lowest BCUT2D eigenvalue weighted by Crippen LogP contribution is -2.43. The minimum absolute atomic E-state index is 0.103. The summed E-state index contributed by atoms with van der Waals surface area (Å²) in [4.78, 5) is 19.7. The van der Waals surface area contributed by atoms with Crippen molar-refractivity contribution in [2.24, 2.45) is 0 Å². The number of ether oxygens (including phenoxy) is 1. The van der Waals surface area contributed by atoms with Gasteiger partial charge in [-0.2, -0.15) is 0 Å². The molecule has 0 bridgehead atoms. The summed E-state index contributed by atoms with van der Waals surface area (Å²) in [6.07, 6.45) is 3.88. The highest BCUT2D eigenvalue weighted by atomic mass is 32.1. The predicted octanol–water partition coefficient (Wildman–Crippen LogP) is 2.13. The number of aryl methyl sites for hydroxylation is 1. The van der Waals surface area contributed by atoms with Crippen LogP contribution in [0.2, 0.25) is 0 Å². The van der Waals surface area contributed by atoms with E-state index in [-0.39, 0.29) is 12.1 Å². The van der Waals surface area contributed by atoms with E-state index in [1.165, 1.54) is 11.5 Å². The number of amides is 2. The van der Waals surface area contributed by atoms with Crippen LogP contribution in [0, 0.1) is 6.92 Å². The van der Waals surface area contributed by atoms with Crippen molar-refractivity contribution >= 4 is 17.6 Å². The molecule has 8 heteroatoms. The maximum absolute atomic E-state index is 12.6. The van der Waals surface area contributed by atoms with E-state index >= 15 is 0 Å². The van der Waals surface area contributed by atoms with Crippen molar-refractivity contribution in [2.45, 2.75) is 39.0 Å². The first-order valence-corrected chi connectivity index (χ1v) is 8.82. The van der Waals surface area contributed by atoms with Gasteiger partial charge in [0, 0.05) is 19.3 Å². The SMILES string of the molecule is Cc1nnsc1CNC(=O)N(Cc1ccccn1)C[C@@H]1CCCO1. The van der Waals surface area contributed by atoms with Gasteiger partial charge < -0.3 is 15.0 Å². The van der Waals surface area contributed by atoms with Gasteiger partial charge in [0.15, 0.2) is 0 Å². The van der Waals surface area contributed by atoms with Crippen LogP contribution in [-0.2, 0) is 17.8 Å². The molecule has 1 N–H and O–H groups in total. The van der Waals surface area contributed by atoms with Gasteiger partial charge in [-0.05, 0) is 43.4 Å². The summed E-state index contributed by atoms with van der Waals surface area (Å²) in [6, 6.07) is 5.60. The van der Waals surface area contributed by atoms with Crippen molar-refractivity contribution < 1.29 is 9.53 Å². The molecule has 1 saturated heterocycles. The molecule has 3 heterocycles. The quantitative estimate of drug-likeness (QED) is 0.866. The maximum atomic E-state index is 12.6. The molecule has 2 aromatic rings. The highest BCUT2D eigenvalue weighted by molar-refractivity contribution is 7.05. The van der Waals surface area contributed by atoms with Gasteiger partial charge >= 0.3 is 6.03 Å². The molecule has 1 aliphatic heterocycles. The molecule has 0 saturated carbocycles. The molecule has 0 aliphatic carbocycles. The predicted molar refractivity (Wildman–Crippen MR) is 90.5 cm³/mol. The zero-order valence-corrected chi connectivity index (χ0v) is 14.5. The second kappa shape index (κ2) is 8.16. The number of urea groups is 1. The zero-order chi connectivity index (χ0) is 16.8. The lowest BCUT2D eigenvalue weighted by molar-refractivity contribution is 0.0791. The molecule has 2 amide bonds. The summed E-state index contributed by atoms with van der Waals surface area (Å²) >= 11 is 1.31. The number of aromatic nitrogens is 3. The molecule has 0 radical (unpaired) electrons. The van der Waals surface area contributed by atoms with Gasteiger partial charge in [0.05, 0.1) is 35.5 Å². The zero-order valence-electron chi connectivity index (χ0n) is 13.6. The third-order valence-corrected chi connectivity index (χ3v) is 4.78. The number of carbonyl (C=O) groups is 1. The Morgan fingerprint density at radius 2 is 2.42 bits per heavy atom. The number of hydrogen-bond donors (Lipinski definition) is 1. The highest BCUT2D eigenvalue weighted by Crippen LogP contribution is 2.15. The normalized spacial score (nSPS) is 17.0. The number of carbonyl (C=O) groups excluding carboxylic acids is 1. The van der Waals surface area contributed by atoms with Crippen molar-refractivity contribution in [2.75, 3.05) is 13.2 Å². The van der Waals surface area contributed by atoms with E-state index in [1.807, 2.05) is 25.1 Å². The first-order chi connectivity index (χ1) is 11.7. The minimum atomic E-state index is -0.121. The van der Waals surface area contributed by atoms with Crippen molar-refractivity contribution in [3.63, 3.8) is 0 Å². The smallest absolute Gasteiger partial charge is 0.318 e. The van der Waals surface area contributed by atoms with E-state index in [9.17, 15) is 4.79 Å². The number of nitrogens with zero attached hydrogens (tertiary/aromatic N) is 4. The van der Waals surface area contributed by atoms with Gasteiger partial charge in [0.25, 0.3) is 0 Å². The molecule has 0 spiro atoms. The van der Waals surface area contributed by atoms with Crippen molar-refractivity contribution in [1.29, 1.82) is 0 Å². The molecular formula is C16H21N5O2S. The van der Waals surface area contributed by atoms with Crippen LogP contribution in [-0.4, -0.2) is 44.8 Å². The molecule has 3 rings (SSSR count). The molecule has 128 valence electrons. The number of pyridine rings is 1. The van der Waals surface area contributed by atoms with Crippen molar-refractivity contribution in [3.05, 3.63) is 40.7 Å². The summed E-state index contributed by atoms with van der Waals surface area (Å²) in [5.41, 5.74) is 1.72. The van der Waals surface area contributed by atoms with Gasteiger partial charge in [-0.3, -0.25) is 4.98 Å². The average Bonchev–Trinajstić information content (AvgIpc) is 3.25. The van der Waals surface area contributed by atoms with E-state index in [2.05, 4.69) is 19.9 Å². The lowest BCUT2D eigenvalue weighted by Gasteiger charge is -2.25. The van der Waals surface area contributed by atoms with Crippen LogP contribution in [0.4, 0.5) is 4.79 Å². The van der Waals surface area contributed by atoms with E-state index in [0.29, 0.717) is 19.6 Å². The molecule has 7 nitrogen and oxygen atoms in total. The van der Waals surface area contributed by atoms with Gasteiger partial charge in [0.2, 0.25) is 0 Å². The fourth-order valence-electron chi connectivity index (χ4n) is 2.62. The summed E-state index contributed by atoms with van der Waals surface area (Å²) in [5, 5.41) is 6.92. The molecule has 1 atom stereocenters. The molecule has 2 aromatic heterocycles. The minimum Gasteiger partial charge on any atom is -0.376 e. The Hall–Kier alpha value is -2.06. The maximum Gasteiger partial charge on any atom is 0.318 e. The largest absolute Gasteiger partial charge is 0.376 e. The van der Waals surface area contributed by atoms with Crippen molar-refractivity contribution in [3.8, 4) is 0 Å². The number of hydrogen-bond acceptors (Lipinski definition) is 6. The Morgan fingerprint density at radius 3 is 3.08 bits per heavy atom. The Kier molecular flexibility index (Phi) is 5.71. The highest BCUT2D eigenvalue weighted by Gasteiger charge is 2.23. The Morgan fingerprint density at radius 1 is 1.50 bits per heavy atom. The Labute approximate surface area is 145 Å². The van der Waals surface area contributed by atoms with Crippen LogP contribution in [0.15, 0.2) is 24.4 Å². The van der Waals surface area contributed by atoms with E-state index in [4.69, 9.17) is 4.74 Å². The van der Waals surface area contributed by atoms with Crippen LogP contribution >= 0.6 is 11.5 Å². The summed E-state index contributed by atoms with van der Waals surface area (Å²) in [5.74, 6) is 0. The van der Waals surface area contributed by atoms with E-state index in [0.717, 1.165) is 35.7 Å². The molecule has 0 unspecified atom stereocenters. The van der Waals surface area contributed by atoms with Crippen LogP contribution < -0.4 is 5.32 Å². The topological polar surface area (TPSA) is 80.2 Å². The molecule has 1 fully saturated rings. The van der Waals surface area contributed by atoms with E-state index in [1.54, 1.807) is 11.1 Å². The Balaban J connectivity index is 1.63. The van der Waals surface area contributed by atoms with Gasteiger partial charge in [0.1, 0.15) is 0 Å². The summed E-state index contributed by atoms with van der Waals surface area (Å²) in [7, 11) is 0. The second-order valence-corrected chi connectivity index (χ2v) is 6.62. The Bertz CT molecular complexity index is 657. The van der Waals surface area contributed by atoms with Crippen LogP contribution in [0.3, 0.4) is 0 Å². The first kappa shape index (κ1) is 16.8. The monoisotopic (exact) mass is 347 g/mol. The summed E-state index contributed by atoms with van der Waals surface area (Å²) in [6.45, 7) is 4.14. The fourth-order valence-corrected chi connectivity index (χ4v) is 3.19. The summed E-state index contributed by atoms with van der Waals surface area (Å²) < 4.78 is 9.57. The molecular weight excluding hydrogens is 326 g/mol. The first-order valence-electron chi connectivity index (χ1n) is 8.04. The average molecular weight is 347 g/mol. The fraction of sp³-hybridized carbons (Fsp3) is 0.500. The van der Waals surface area contributed by atoms with Crippen molar-refractivity contribution in [1.82, 2.24) is 24.8 Å². The third-order valence-electron chi connectivity index (χ3n) is 3.96. The van der Waals surface area contributed by atoms with Gasteiger partial charge in [-0.25, -0.2) is 4.79 Å². The number of nitrogens with one attached hydrogen (secondary N) is 1. The molecule has 0 aromatic carbocycles. The lowest BCUT2D eigenvalue weighted by atomic mass is 10.2. The second-order valence-electron chi connectivity index (χ2n) is 5.78. The van der Waals surface area contributed by atoms with Crippen LogP contribution in [0.5, 0.6) is 0 Å².